The largest absolute Gasteiger partial charge is 0.449 e. The van der Waals surface area contributed by atoms with Crippen molar-refractivity contribution < 1.29 is 14.3 Å². The fourth-order valence-corrected chi connectivity index (χ4v) is 4.32. The fraction of sp³-hybridized carbons (Fsp3) is 0.185. The van der Waals surface area contributed by atoms with Crippen molar-refractivity contribution in [2.45, 2.75) is 32.3 Å². The predicted octanol–water partition coefficient (Wildman–Crippen LogP) is 5.03. The number of para-hydroxylation sites is 3. The molecule has 0 radical (unpaired) electrons. The molecule has 0 aliphatic carbocycles. The average molecular weight is 437 g/mol. The number of hydrogen-bond donors (Lipinski definition) is 0. The fourth-order valence-electron chi connectivity index (χ4n) is 4.32. The molecule has 1 atom stereocenters. The molecule has 33 heavy (non-hydrogen) atoms. The third-order valence-electron chi connectivity index (χ3n) is 5.96. The van der Waals surface area contributed by atoms with Crippen molar-refractivity contribution in [3.05, 3.63) is 95.8 Å². The Labute approximate surface area is 191 Å². The van der Waals surface area contributed by atoms with Gasteiger partial charge >= 0.3 is 5.97 Å². The van der Waals surface area contributed by atoms with Crippen molar-refractivity contribution in [2.75, 3.05) is 4.90 Å². The van der Waals surface area contributed by atoms with Crippen LogP contribution >= 0.6 is 0 Å². The molecule has 6 heteroatoms. The van der Waals surface area contributed by atoms with Gasteiger partial charge in [-0.05, 0) is 54.7 Å². The Bertz CT molecular complexity index is 1300. The summed E-state index contributed by atoms with van der Waals surface area (Å²) in [4.78, 5) is 37.2. The van der Waals surface area contributed by atoms with Crippen LogP contribution in [0.15, 0.2) is 79.1 Å². The van der Waals surface area contributed by atoms with E-state index in [9.17, 15) is 9.59 Å². The van der Waals surface area contributed by atoms with Crippen molar-refractivity contribution in [3.8, 4) is 0 Å². The van der Waals surface area contributed by atoms with Crippen LogP contribution in [0, 0.1) is 0 Å². The molecule has 164 valence electrons. The Balaban J connectivity index is 1.51. The van der Waals surface area contributed by atoms with Crippen LogP contribution in [0.3, 0.4) is 0 Å². The molecule has 1 aliphatic rings. The van der Waals surface area contributed by atoms with Gasteiger partial charge in [0, 0.05) is 12.4 Å². The molecule has 1 amide bonds. The number of nitrogens with zero attached hydrogens (tertiary/aromatic N) is 3. The first-order chi connectivity index (χ1) is 16.2. The molecular formula is C27H23N3O3. The zero-order valence-electron chi connectivity index (χ0n) is 18.3. The van der Waals surface area contributed by atoms with Crippen LogP contribution < -0.4 is 4.90 Å². The number of ether oxygens (including phenoxy) is 1. The van der Waals surface area contributed by atoms with Crippen LogP contribution in [-0.4, -0.2) is 27.9 Å². The van der Waals surface area contributed by atoms with Crippen LogP contribution in [0.5, 0.6) is 0 Å². The second kappa shape index (κ2) is 8.82. The maximum atomic E-state index is 13.9. The summed E-state index contributed by atoms with van der Waals surface area (Å²) in [6.07, 6.45) is 4.19. The first-order valence-electron chi connectivity index (χ1n) is 11.1. The van der Waals surface area contributed by atoms with Gasteiger partial charge in [-0.15, -0.1) is 0 Å². The maximum absolute atomic E-state index is 13.9. The first-order valence-corrected chi connectivity index (χ1v) is 11.1. The third-order valence-corrected chi connectivity index (χ3v) is 5.96. The van der Waals surface area contributed by atoms with Crippen molar-refractivity contribution >= 4 is 34.3 Å². The molecule has 6 nitrogen and oxygen atoms in total. The van der Waals surface area contributed by atoms with Gasteiger partial charge in [-0.2, -0.15) is 0 Å². The molecule has 1 aliphatic heterocycles. The average Bonchev–Trinajstić information content (AvgIpc) is 3.03. The highest BCUT2D eigenvalue weighted by Gasteiger charge is 2.32. The van der Waals surface area contributed by atoms with Crippen LogP contribution in [0.25, 0.3) is 11.0 Å². The Morgan fingerprint density at radius 2 is 1.52 bits per heavy atom. The van der Waals surface area contributed by atoms with E-state index in [1.807, 2.05) is 55.5 Å². The minimum Gasteiger partial charge on any atom is -0.449 e. The zero-order valence-corrected chi connectivity index (χ0v) is 18.3. The highest BCUT2D eigenvalue weighted by molar-refractivity contribution is 6.07. The molecule has 1 unspecified atom stereocenters. The molecule has 0 bridgehead atoms. The number of hydrogen-bond acceptors (Lipinski definition) is 5. The van der Waals surface area contributed by atoms with Gasteiger partial charge in [0.1, 0.15) is 5.52 Å². The number of carbonyl (C=O) groups is 2. The monoisotopic (exact) mass is 437 g/mol. The number of esters is 1. The smallest absolute Gasteiger partial charge is 0.341 e. The Morgan fingerprint density at radius 1 is 0.879 bits per heavy atom. The zero-order chi connectivity index (χ0) is 22.8. The van der Waals surface area contributed by atoms with Gasteiger partial charge in [0.05, 0.1) is 22.5 Å². The molecule has 0 spiro atoms. The molecule has 0 saturated carbocycles. The number of anilines is 2. The molecule has 0 N–H and O–H groups in total. The topological polar surface area (TPSA) is 72.4 Å². The number of benzene rings is 3. The summed E-state index contributed by atoms with van der Waals surface area (Å²) in [7, 11) is 0. The molecule has 1 aromatic heterocycles. The van der Waals surface area contributed by atoms with Crippen molar-refractivity contribution in [3.63, 3.8) is 0 Å². The van der Waals surface area contributed by atoms with Crippen molar-refractivity contribution in [1.82, 2.24) is 9.97 Å². The number of rotatable bonds is 4. The van der Waals surface area contributed by atoms with E-state index in [4.69, 9.17) is 4.74 Å². The summed E-state index contributed by atoms with van der Waals surface area (Å²) in [5.74, 6) is -0.850. The van der Waals surface area contributed by atoms with Crippen LogP contribution in [0.4, 0.5) is 11.4 Å². The molecule has 3 aromatic carbocycles. The van der Waals surface area contributed by atoms with E-state index in [0.29, 0.717) is 23.0 Å². The SMILES string of the molecule is CCC(OC(=O)c1cccc2nccnc12)C(=O)N1c2ccccc2CCc2ccccc21. The van der Waals surface area contributed by atoms with Crippen LogP contribution in [0.2, 0.25) is 0 Å². The number of fused-ring (bicyclic) bond motifs is 3. The summed E-state index contributed by atoms with van der Waals surface area (Å²) in [5.41, 5.74) is 5.19. The lowest BCUT2D eigenvalue weighted by molar-refractivity contribution is -0.126. The standard InChI is InChI=1S/C27H23N3O3/c1-2-24(33-27(32)20-10-7-11-21-25(20)29-17-16-28-21)26(31)30-22-12-5-3-8-18(22)14-15-19-9-4-6-13-23(19)30/h3-13,16-17,24H,2,14-15H2,1H3. The van der Waals surface area contributed by atoms with E-state index in [-0.39, 0.29) is 5.91 Å². The van der Waals surface area contributed by atoms with Gasteiger partial charge in [-0.25, -0.2) is 4.79 Å². The van der Waals surface area contributed by atoms with E-state index in [1.165, 1.54) is 6.20 Å². The molecule has 0 fully saturated rings. The highest BCUT2D eigenvalue weighted by atomic mass is 16.5. The van der Waals surface area contributed by atoms with Crippen molar-refractivity contribution in [2.24, 2.45) is 0 Å². The summed E-state index contributed by atoms with van der Waals surface area (Å²) < 4.78 is 5.78. The molecule has 0 saturated heterocycles. The second-order valence-corrected chi connectivity index (χ2v) is 7.96. The Kier molecular flexibility index (Phi) is 5.57. The van der Waals surface area contributed by atoms with Crippen LogP contribution in [-0.2, 0) is 22.4 Å². The summed E-state index contributed by atoms with van der Waals surface area (Å²) in [6.45, 7) is 1.84. The van der Waals surface area contributed by atoms with Crippen molar-refractivity contribution in [1.29, 1.82) is 0 Å². The van der Waals surface area contributed by atoms with E-state index in [1.54, 1.807) is 29.3 Å². The molecule has 2 heterocycles. The lowest BCUT2D eigenvalue weighted by atomic mass is 10.0. The van der Waals surface area contributed by atoms with Gasteiger partial charge in [0.25, 0.3) is 5.91 Å². The van der Waals surface area contributed by atoms with E-state index < -0.39 is 12.1 Å². The number of carbonyl (C=O) groups excluding carboxylic acids is 2. The Hall–Kier alpha value is -4.06. The maximum Gasteiger partial charge on any atom is 0.341 e. The summed E-state index contributed by atoms with van der Waals surface area (Å²) in [6, 6.07) is 21.0. The second-order valence-electron chi connectivity index (χ2n) is 7.96. The van der Waals surface area contributed by atoms with Gasteiger partial charge in [0.15, 0.2) is 6.10 Å². The van der Waals surface area contributed by atoms with Crippen LogP contribution in [0.1, 0.15) is 34.8 Å². The minimum atomic E-state index is -0.941. The van der Waals surface area contributed by atoms with E-state index in [2.05, 4.69) is 9.97 Å². The Morgan fingerprint density at radius 3 is 2.18 bits per heavy atom. The van der Waals surface area contributed by atoms with Gasteiger partial charge < -0.3 is 4.74 Å². The molecule has 4 aromatic rings. The van der Waals surface area contributed by atoms with E-state index in [0.717, 1.165) is 35.3 Å². The van der Waals surface area contributed by atoms with Gasteiger partial charge in [0.2, 0.25) is 0 Å². The van der Waals surface area contributed by atoms with Gasteiger partial charge in [-0.1, -0.05) is 49.4 Å². The lowest BCUT2D eigenvalue weighted by Crippen LogP contribution is -2.39. The summed E-state index contributed by atoms with van der Waals surface area (Å²) in [5, 5.41) is 0. The minimum absolute atomic E-state index is 0.265. The lowest BCUT2D eigenvalue weighted by Gasteiger charge is -2.28. The first kappa shape index (κ1) is 20.8. The molecule has 5 rings (SSSR count). The van der Waals surface area contributed by atoms with E-state index >= 15 is 0 Å². The summed E-state index contributed by atoms with van der Waals surface area (Å²) >= 11 is 0. The third kappa shape index (κ3) is 3.84. The quantitative estimate of drug-likeness (QED) is 0.419. The molecular weight excluding hydrogens is 414 g/mol. The predicted molar refractivity (Wildman–Crippen MR) is 126 cm³/mol. The number of aromatic nitrogens is 2. The van der Waals surface area contributed by atoms with Gasteiger partial charge in [-0.3, -0.25) is 19.7 Å². The highest BCUT2D eigenvalue weighted by Crippen LogP contribution is 2.37. The normalized spacial score (nSPS) is 13.5. The number of amides is 1. The number of aryl methyl sites for hydroxylation is 2.